The summed E-state index contributed by atoms with van der Waals surface area (Å²) < 4.78 is 56.0. The van der Waals surface area contributed by atoms with Crippen LogP contribution in [-0.4, -0.2) is 106 Å². The van der Waals surface area contributed by atoms with Crippen molar-refractivity contribution in [3.05, 3.63) is 12.7 Å². The summed E-state index contributed by atoms with van der Waals surface area (Å²) in [4.78, 5) is 60.6. The van der Waals surface area contributed by atoms with Gasteiger partial charge in [0.15, 0.2) is 24.6 Å². The largest absolute Gasteiger partial charge is 0.469 e. The van der Waals surface area contributed by atoms with Crippen LogP contribution in [0.3, 0.4) is 0 Å². The fourth-order valence-corrected chi connectivity index (χ4v) is 5.36. The lowest BCUT2D eigenvalue weighted by Crippen LogP contribution is -2.60. The smallest absolute Gasteiger partial charge is 0.309 e. The van der Waals surface area contributed by atoms with Gasteiger partial charge < -0.3 is 42.6 Å². The summed E-state index contributed by atoms with van der Waals surface area (Å²) in [6, 6.07) is 0. The topological polar surface area (TPSA) is 178 Å². The minimum atomic E-state index is -1.86. The van der Waals surface area contributed by atoms with Crippen LogP contribution < -0.4 is 0 Å². The molecule has 0 bridgehead atoms. The fraction of sp³-hybridized carbons (Fsp3) is 0.741. The Morgan fingerprint density at radius 2 is 1.43 bits per heavy atom. The predicted molar refractivity (Wildman–Crippen MR) is 136 cm³/mol. The van der Waals surface area contributed by atoms with E-state index in [1.807, 2.05) is 0 Å². The fourth-order valence-electron chi connectivity index (χ4n) is 5.36. The molecule has 3 aliphatic rings. The number of carbonyl (C=O) groups is 5. The van der Waals surface area contributed by atoms with Crippen LogP contribution in [0.25, 0.3) is 0 Å². The normalized spacial score (nSPS) is 35.7. The molecule has 3 fully saturated rings. The van der Waals surface area contributed by atoms with Gasteiger partial charge in [-0.15, -0.1) is 6.58 Å². The number of ether oxygens (including phenoxy) is 10. The average molecular weight is 603 g/mol. The van der Waals surface area contributed by atoms with Gasteiger partial charge in [0.1, 0.15) is 12.7 Å². The molecule has 1 aliphatic carbocycles. The Kier molecular flexibility index (Phi) is 11.4. The van der Waals surface area contributed by atoms with Crippen LogP contribution in [-0.2, 0) is 71.3 Å². The van der Waals surface area contributed by atoms with E-state index in [2.05, 4.69) is 6.58 Å². The molecule has 15 heteroatoms. The molecule has 0 spiro atoms. The maximum absolute atomic E-state index is 12.7. The van der Waals surface area contributed by atoms with Gasteiger partial charge in [-0.3, -0.25) is 28.7 Å². The van der Waals surface area contributed by atoms with E-state index in [0.717, 1.165) is 13.8 Å². The SMILES string of the molecule is C=CCO[C@H]1C[C@H](C(=O)OC)[C@@H](C(=O)OC)C[C@@H]1OC1(C)O[C@@H]2O[C@H](COC(C)=O)[C@@H](OC(C)=O)[C@H](OC(C)=O)[C@@H]2O1. The van der Waals surface area contributed by atoms with E-state index >= 15 is 0 Å². The Bertz CT molecular complexity index is 1030. The molecule has 10 atom stereocenters. The van der Waals surface area contributed by atoms with Crippen molar-refractivity contribution < 1.29 is 71.3 Å². The molecule has 15 nitrogen and oxygen atoms in total. The molecule has 0 aromatic carbocycles. The van der Waals surface area contributed by atoms with E-state index in [1.165, 1.54) is 34.1 Å². The number of carbonyl (C=O) groups excluding carboxylic acids is 5. The summed E-state index contributed by atoms with van der Waals surface area (Å²) in [6.07, 6.45) is -5.95. The van der Waals surface area contributed by atoms with Crippen LogP contribution >= 0.6 is 0 Å². The summed E-state index contributed by atoms with van der Waals surface area (Å²) in [5, 5.41) is 0. The number of hydrogen-bond acceptors (Lipinski definition) is 15. The highest BCUT2D eigenvalue weighted by Crippen LogP contribution is 2.43. The zero-order chi connectivity index (χ0) is 31.2. The molecule has 1 saturated carbocycles. The van der Waals surface area contributed by atoms with Crippen molar-refractivity contribution in [1.82, 2.24) is 0 Å². The van der Waals surface area contributed by atoms with Gasteiger partial charge in [-0.25, -0.2) is 0 Å². The maximum Gasteiger partial charge on any atom is 0.309 e. The monoisotopic (exact) mass is 602 g/mol. The molecular formula is C27H38O15. The van der Waals surface area contributed by atoms with Gasteiger partial charge in [0.05, 0.1) is 44.9 Å². The molecule has 0 N–H and O–H groups in total. The van der Waals surface area contributed by atoms with E-state index in [1.54, 1.807) is 0 Å². The number of rotatable bonds is 11. The summed E-state index contributed by atoms with van der Waals surface area (Å²) >= 11 is 0. The molecule has 0 aromatic rings. The average Bonchev–Trinajstić information content (AvgIpc) is 3.26. The Hall–Kier alpha value is -3.11. The molecule has 2 aliphatic heterocycles. The van der Waals surface area contributed by atoms with Gasteiger partial charge in [-0.2, -0.15) is 0 Å². The molecule has 3 rings (SSSR count). The van der Waals surface area contributed by atoms with Crippen LogP contribution in [0.2, 0.25) is 0 Å². The lowest BCUT2D eigenvalue weighted by molar-refractivity contribution is -0.370. The molecular weight excluding hydrogens is 564 g/mol. The van der Waals surface area contributed by atoms with Crippen LogP contribution in [0.1, 0.15) is 40.5 Å². The van der Waals surface area contributed by atoms with Gasteiger partial charge in [-0.05, 0) is 12.8 Å². The first-order chi connectivity index (χ1) is 19.8. The van der Waals surface area contributed by atoms with E-state index in [0.29, 0.717) is 0 Å². The van der Waals surface area contributed by atoms with E-state index < -0.39 is 90.6 Å². The minimum Gasteiger partial charge on any atom is -0.469 e. The van der Waals surface area contributed by atoms with E-state index in [-0.39, 0.29) is 26.1 Å². The Labute approximate surface area is 242 Å². The van der Waals surface area contributed by atoms with Gasteiger partial charge in [0, 0.05) is 27.7 Å². The first-order valence-corrected chi connectivity index (χ1v) is 13.4. The number of methoxy groups -OCH3 is 2. The zero-order valence-electron chi connectivity index (χ0n) is 24.4. The van der Waals surface area contributed by atoms with Crippen molar-refractivity contribution in [3.63, 3.8) is 0 Å². The van der Waals surface area contributed by atoms with Crippen molar-refractivity contribution in [2.75, 3.05) is 27.4 Å². The van der Waals surface area contributed by atoms with Crippen molar-refractivity contribution in [1.29, 1.82) is 0 Å². The molecule has 2 saturated heterocycles. The minimum absolute atomic E-state index is 0.0225. The summed E-state index contributed by atoms with van der Waals surface area (Å²) in [5.41, 5.74) is 0. The second kappa shape index (κ2) is 14.4. The second-order valence-electron chi connectivity index (χ2n) is 10.1. The Morgan fingerprint density at radius 1 is 0.857 bits per heavy atom. The van der Waals surface area contributed by atoms with Crippen molar-refractivity contribution in [2.45, 2.75) is 89.4 Å². The van der Waals surface area contributed by atoms with Crippen LogP contribution in [0.5, 0.6) is 0 Å². The lowest BCUT2D eigenvalue weighted by atomic mass is 9.76. The van der Waals surface area contributed by atoms with Crippen LogP contribution in [0.4, 0.5) is 0 Å². The predicted octanol–water partition coefficient (Wildman–Crippen LogP) is 0.556. The highest BCUT2D eigenvalue weighted by molar-refractivity contribution is 5.82. The molecule has 236 valence electrons. The highest BCUT2D eigenvalue weighted by Gasteiger charge is 2.61. The summed E-state index contributed by atoms with van der Waals surface area (Å²) in [5.74, 6) is -6.90. The lowest BCUT2D eigenvalue weighted by Gasteiger charge is -2.41. The highest BCUT2D eigenvalue weighted by atomic mass is 16.9. The van der Waals surface area contributed by atoms with Gasteiger partial charge in [-0.1, -0.05) is 6.08 Å². The Morgan fingerprint density at radius 3 is 1.95 bits per heavy atom. The van der Waals surface area contributed by atoms with Crippen molar-refractivity contribution >= 4 is 29.8 Å². The molecule has 42 heavy (non-hydrogen) atoms. The van der Waals surface area contributed by atoms with E-state index in [4.69, 9.17) is 47.4 Å². The van der Waals surface area contributed by atoms with Crippen LogP contribution in [0.15, 0.2) is 12.7 Å². The first kappa shape index (κ1) is 33.4. The van der Waals surface area contributed by atoms with Gasteiger partial charge in [0.2, 0.25) is 0 Å². The third-order valence-electron chi connectivity index (χ3n) is 7.00. The number of esters is 5. The summed E-state index contributed by atoms with van der Waals surface area (Å²) in [6.45, 7) is 8.37. The third-order valence-corrected chi connectivity index (χ3v) is 7.00. The molecule has 2 heterocycles. The molecule has 0 aromatic heterocycles. The van der Waals surface area contributed by atoms with Gasteiger partial charge in [0.25, 0.3) is 5.97 Å². The quantitative estimate of drug-likeness (QED) is 0.182. The number of fused-ring (bicyclic) bond motifs is 1. The third kappa shape index (κ3) is 8.04. The second-order valence-corrected chi connectivity index (χ2v) is 10.1. The standard InChI is InChI=1S/C27H38O15/c1-8-9-35-18-10-16(24(31)33-6)17(25(32)34-7)11-19(18)40-27(5)41-23-22(38-15(4)30)21(37-14(3)29)20(12-36-13(2)28)39-26(23)42-27/h8,16-23,26H,1,9-12H2,2-7H3/t16-,17-,18-,19-,20+,21+,22-,23-,26-,27?/m0/s1. The number of hydrogen-bond donors (Lipinski definition) is 0. The molecule has 0 radical (unpaired) electrons. The Balaban J connectivity index is 1.89. The van der Waals surface area contributed by atoms with E-state index in [9.17, 15) is 24.0 Å². The van der Waals surface area contributed by atoms with Gasteiger partial charge >= 0.3 is 29.8 Å². The van der Waals surface area contributed by atoms with Crippen molar-refractivity contribution in [2.24, 2.45) is 11.8 Å². The van der Waals surface area contributed by atoms with Crippen molar-refractivity contribution in [3.8, 4) is 0 Å². The zero-order valence-corrected chi connectivity index (χ0v) is 24.4. The maximum atomic E-state index is 12.7. The summed E-state index contributed by atoms with van der Waals surface area (Å²) in [7, 11) is 2.43. The van der Waals surface area contributed by atoms with Crippen LogP contribution in [0, 0.1) is 11.8 Å². The molecule has 1 unspecified atom stereocenters. The molecule has 0 amide bonds. The first-order valence-electron chi connectivity index (χ1n) is 13.4.